The Kier molecular flexibility index (Phi) is 4.26. The first-order chi connectivity index (χ1) is 9.31. The molecule has 1 heterocycles. The zero-order valence-electron chi connectivity index (χ0n) is 9.84. The third-order valence-corrected chi connectivity index (χ3v) is 6.31. The van der Waals surface area contributed by atoms with E-state index < -0.39 is 26.5 Å². The molecular weight excluding hydrogens is 371 g/mol. The van der Waals surface area contributed by atoms with Crippen molar-refractivity contribution >= 4 is 43.1 Å². The third-order valence-electron chi connectivity index (χ3n) is 2.53. The Morgan fingerprint density at radius 1 is 1.35 bits per heavy atom. The summed E-state index contributed by atoms with van der Waals surface area (Å²) in [4.78, 5) is 10.8. The van der Waals surface area contributed by atoms with Crippen molar-refractivity contribution in [1.29, 1.82) is 0 Å². The average Bonchev–Trinajstić information content (AvgIpc) is 2.73. The second-order valence-electron chi connectivity index (χ2n) is 3.90. The van der Waals surface area contributed by atoms with Gasteiger partial charge in [-0.15, -0.1) is 11.3 Å². The Morgan fingerprint density at radius 2 is 2.05 bits per heavy atom. The fourth-order valence-electron chi connectivity index (χ4n) is 1.56. The SMILES string of the molecule is O=C(O)c1ccc(S(=O)(=O)Cc2sccc2Br)c(F)c1. The number of hydrogen-bond donors (Lipinski definition) is 1. The van der Waals surface area contributed by atoms with Crippen LogP contribution in [0.1, 0.15) is 15.2 Å². The summed E-state index contributed by atoms with van der Waals surface area (Å²) >= 11 is 4.46. The maximum Gasteiger partial charge on any atom is 0.335 e. The molecule has 0 radical (unpaired) electrons. The molecule has 0 aliphatic heterocycles. The van der Waals surface area contributed by atoms with Crippen LogP contribution in [0.2, 0.25) is 0 Å². The van der Waals surface area contributed by atoms with Crippen LogP contribution in [-0.2, 0) is 15.6 Å². The van der Waals surface area contributed by atoms with Crippen LogP contribution in [0.25, 0.3) is 0 Å². The maximum atomic E-state index is 13.8. The molecule has 1 N–H and O–H groups in total. The number of halogens is 2. The molecule has 20 heavy (non-hydrogen) atoms. The van der Waals surface area contributed by atoms with E-state index in [0.29, 0.717) is 15.4 Å². The second kappa shape index (κ2) is 5.63. The number of rotatable bonds is 4. The topological polar surface area (TPSA) is 71.4 Å². The highest BCUT2D eigenvalue weighted by atomic mass is 79.9. The summed E-state index contributed by atoms with van der Waals surface area (Å²) in [6.45, 7) is 0. The minimum absolute atomic E-state index is 0.293. The van der Waals surface area contributed by atoms with E-state index in [1.165, 1.54) is 11.3 Å². The van der Waals surface area contributed by atoms with Crippen molar-refractivity contribution in [2.24, 2.45) is 0 Å². The number of sulfone groups is 1. The van der Waals surface area contributed by atoms with Crippen LogP contribution in [-0.4, -0.2) is 19.5 Å². The van der Waals surface area contributed by atoms with Gasteiger partial charge in [-0.25, -0.2) is 17.6 Å². The molecule has 8 heteroatoms. The molecular formula is C12H8BrFO4S2. The standard InChI is InChI=1S/C12H8BrFO4S2/c13-8-3-4-19-10(8)6-20(17,18)11-2-1-7(12(15)16)5-9(11)14/h1-5H,6H2,(H,15,16). The first-order valence-corrected chi connectivity index (χ1v) is 8.61. The minimum Gasteiger partial charge on any atom is -0.478 e. The molecule has 2 aromatic rings. The number of carboxylic acids is 1. The molecule has 1 aromatic heterocycles. The lowest BCUT2D eigenvalue weighted by molar-refractivity contribution is 0.0696. The van der Waals surface area contributed by atoms with Gasteiger partial charge in [-0.05, 0) is 45.6 Å². The smallest absolute Gasteiger partial charge is 0.335 e. The van der Waals surface area contributed by atoms with Gasteiger partial charge in [0.15, 0.2) is 9.84 Å². The number of carbonyl (C=O) groups is 1. The zero-order chi connectivity index (χ0) is 14.9. The number of aromatic carboxylic acids is 1. The molecule has 0 unspecified atom stereocenters. The lowest BCUT2D eigenvalue weighted by Gasteiger charge is -2.06. The van der Waals surface area contributed by atoms with E-state index in [4.69, 9.17) is 5.11 Å². The summed E-state index contributed by atoms with van der Waals surface area (Å²) in [6, 6.07) is 4.47. The molecule has 0 aliphatic carbocycles. The fraction of sp³-hybridized carbons (Fsp3) is 0.0833. The van der Waals surface area contributed by atoms with Crippen LogP contribution >= 0.6 is 27.3 Å². The van der Waals surface area contributed by atoms with Crippen LogP contribution in [0, 0.1) is 5.82 Å². The molecule has 0 saturated heterocycles. The normalized spacial score (nSPS) is 11.5. The van der Waals surface area contributed by atoms with Gasteiger partial charge in [0.25, 0.3) is 0 Å². The lowest BCUT2D eigenvalue weighted by Crippen LogP contribution is -2.08. The predicted molar refractivity (Wildman–Crippen MR) is 76.3 cm³/mol. The van der Waals surface area contributed by atoms with Gasteiger partial charge in [0.05, 0.1) is 11.3 Å². The Labute approximate surface area is 126 Å². The van der Waals surface area contributed by atoms with Crippen molar-refractivity contribution in [2.75, 3.05) is 0 Å². The van der Waals surface area contributed by atoms with Crippen LogP contribution in [0.3, 0.4) is 0 Å². The molecule has 0 saturated carbocycles. The van der Waals surface area contributed by atoms with E-state index >= 15 is 0 Å². The monoisotopic (exact) mass is 378 g/mol. The molecule has 4 nitrogen and oxygen atoms in total. The highest BCUT2D eigenvalue weighted by Gasteiger charge is 2.22. The van der Waals surface area contributed by atoms with Crippen molar-refractivity contribution in [3.05, 3.63) is 50.4 Å². The average molecular weight is 379 g/mol. The van der Waals surface area contributed by atoms with Crippen LogP contribution in [0.5, 0.6) is 0 Å². The first-order valence-electron chi connectivity index (χ1n) is 5.29. The zero-order valence-corrected chi connectivity index (χ0v) is 13.1. The molecule has 1 aromatic carbocycles. The highest BCUT2D eigenvalue weighted by Crippen LogP contribution is 2.28. The number of thiophene rings is 1. The molecule has 106 valence electrons. The predicted octanol–water partition coefficient (Wildman–Crippen LogP) is 3.32. The fourth-order valence-corrected chi connectivity index (χ4v) is 5.05. The summed E-state index contributed by atoms with van der Waals surface area (Å²) in [5.41, 5.74) is -0.293. The van der Waals surface area contributed by atoms with Crippen molar-refractivity contribution in [3.8, 4) is 0 Å². The number of benzene rings is 1. The summed E-state index contributed by atoms with van der Waals surface area (Å²) in [7, 11) is -3.87. The number of hydrogen-bond acceptors (Lipinski definition) is 4. The first kappa shape index (κ1) is 15.1. The summed E-state index contributed by atoms with van der Waals surface area (Å²) < 4.78 is 38.7. The van der Waals surface area contributed by atoms with Crippen LogP contribution in [0.15, 0.2) is 39.0 Å². The van der Waals surface area contributed by atoms with Gasteiger partial charge in [0, 0.05) is 9.35 Å². The minimum atomic E-state index is -3.87. The van der Waals surface area contributed by atoms with Crippen LogP contribution in [0.4, 0.5) is 4.39 Å². The Morgan fingerprint density at radius 3 is 2.55 bits per heavy atom. The van der Waals surface area contributed by atoms with E-state index in [2.05, 4.69) is 15.9 Å². The molecule has 2 rings (SSSR count). The van der Waals surface area contributed by atoms with Gasteiger partial charge in [-0.2, -0.15) is 0 Å². The van der Waals surface area contributed by atoms with Gasteiger partial charge in [-0.3, -0.25) is 0 Å². The second-order valence-corrected chi connectivity index (χ2v) is 7.71. The molecule has 0 spiro atoms. The van der Waals surface area contributed by atoms with E-state index in [-0.39, 0.29) is 11.3 Å². The molecule has 0 amide bonds. The molecule has 0 bridgehead atoms. The summed E-state index contributed by atoms with van der Waals surface area (Å²) in [6.07, 6.45) is 0. The van der Waals surface area contributed by atoms with Gasteiger partial charge in [-0.1, -0.05) is 0 Å². The van der Waals surface area contributed by atoms with Gasteiger partial charge >= 0.3 is 5.97 Å². The Hall–Kier alpha value is -1.25. The molecule has 0 fully saturated rings. The highest BCUT2D eigenvalue weighted by molar-refractivity contribution is 9.10. The van der Waals surface area contributed by atoms with Crippen LogP contribution < -0.4 is 0 Å². The van der Waals surface area contributed by atoms with E-state index in [9.17, 15) is 17.6 Å². The van der Waals surface area contributed by atoms with Gasteiger partial charge in [0.1, 0.15) is 10.7 Å². The molecule has 0 atom stereocenters. The Bertz CT molecular complexity index is 768. The Balaban J connectivity index is 2.40. The molecule has 0 aliphatic rings. The van der Waals surface area contributed by atoms with Gasteiger partial charge in [0.2, 0.25) is 0 Å². The largest absolute Gasteiger partial charge is 0.478 e. The maximum absolute atomic E-state index is 13.8. The van der Waals surface area contributed by atoms with Crippen molar-refractivity contribution in [2.45, 2.75) is 10.6 Å². The summed E-state index contributed by atoms with van der Waals surface area (Å²) in [5, 5.41) is 10.4. The van der Waals surface area contributed by atoms with E-state index in [1.807, 2.05) is 0 Å². The summed E-state index contributed by atoms with van der Waals surface area (Å²) in [5.74, 6) is -2.71. The lowest BCUT2D eigenvalue weighted by atomic mass is 10.2. The quantitative estimate of drug-likeness (QED) is 0.885. The van der Waals surface area contributed by atoms with Crippen molar-refractivity contribution in [3.63, 3.8) is 0 Å². The van der Waals surface area contributed by atoms with Crippen molar-refractivity contribution in [1.82, 2.24) is 0 Å². The van der Waals surface area contributed by atoms with E-state index in [0.717, 1.165) is 12.1 Å². The van der Waals surface area contributed by atoms with Gasteiger partial charge < -0.3 is 5.11 Å². The van der Waals surface area contributed by atoms with Crippen molar-refractivity contribution < 1.29 is 22.7 Å². The van der Waals surface area contributed by atoms with E-state index in [1.54, 1.807) is 11.4 Å². The third kappa shape index (κ3) is 3.08. The number of carboxylic acid groups (broad SMARTS) is 1.